The van der Waals surface area contributed by atoms with E-state index in [4.69, 9.17) is 0 Å². The number of rotatable bonds is 7. The Morgan fingerprint density at radius 2 is 1.62 bits per heavy atom. The van der Waals surface area contributed by atoms with Crippen LogP contribution < -0.4 is 0 Å². The Hall–Kier alpha value is -2.46. The summed E-state index contributed by atoms with van der Waals surface area (Å²) in [7, 11) is 0. The largest absolute Gasteiger partial charge is 0.481 e. The number of benzene rings is 2. The lowest BCUT2D eigenvalue weighted by Gasteiger charge is -2.24. The third kappa shape index (κ3) is 3.89. The van der Waals surface area contributed by atoms with Crippen LogP contribution in [-0.2, 0) is 4.79 Å². The van der Waals surface area contributed by atoms with Gasteiger partial charge < -0.3 is 10.2 Å². The Morgan fingerprint density at radius 3 is 2.21 bits per heavy atom. The minimum Gasteiger partial charge on any atom is -0.481 e. The maximum absolute atomic E-state index is 12.5. The van der Waals surface area contributed by atoms with E-state index < -0.39 is 18.0 Å². The predicted molar refractivity (Wildman–Crippen MR) is 92.2 cm³/mol. The Balaban J connectivity index is 2.27. The molecule has 2 N–H and O–H groups in total. The van der Waals surface area contributed by atoms with E-state index in [1.54, 1.807) is 44.2 Å². The van der Waals surface area contributed by atoms with E-state index in [9.17, 15) is 19.8 Å². The highest BCUT2D eigenvalue weighted by Crippen LogP contribution is 2.27. The zero-order valence-electron chi connectivity index (χ0n) is 13.8. The average Bonchev–Trinajstić information content (AvgIpc) is 2.61. The normalized spacial score (nSPS) is 14.6. The summed E-state index contributed by atoms with van der Waals surface area (Å²) in [6.45, 7) is 3.52. The van der Waals surface area contributed by atoms with Crippen molar-refractivity contribution >= 4 is 11.8 Å². The van der Waals surface area contributed by atoms with Gasteiger partial charge in [0.15, 0.2) is 5.78 Å². The minimum absolute atomic E-state index is 0.0931. The second-order valence-corrected chi connectivity index (χ2v) is 5.95. The van der Waals surface area contributed by atoms with Crippen molar-refractivity contribution in [3.8, 4) is 0 Å². The quantitative estimate of drug-likeness (QED) is 0.764. The fourth-order valence-electron chi connectivity index (χ4n) is 2.83. The molecule has 0 bridgehead atoms. The number of carboxylic acid groups (broad SMARTS) is 1. The van der Waals surface area contributed by atoms with Crippen LogP contribution in [0.15, 0.2) is 54.6 Å². The molecular formula is C20H22O4. The van der Waals surface area contributed by atoms with Gasteiger partial charge in [-0.1, -0.05) is 62.4 Å². The number of carboxylic acids is 1. The zero-order chi connectivity index (χ0) is 17.7. The first-order valence-corrected chi connectivity index (χ1v) is 8.06. The molecular weight excluding hydrogens is 304 g/mol. The molecule has 2 aromatic carbocycles. The van der Waals surface area contributed by atoms with Gasteiger partial charge in [0.1, 0.15) is 0 Å². The van der Waals surface area contributed by atoms with Crippen LogP contribution in [0.4, 0.5) is 0 Å². The standard InChI is InChI=1S/C20H22O4/c1-3-17(20(23)24)18(21)13(2)15-10-7-11-16(12-15)19(22)14-8-5-4-6-9-14/h4-13,17-18,21H,3H2,1-2H3,(H,23,24). The number of hydrogen-bond acceptors (Lipinski definition) is 3. The zero-order valence-corrected chi connectivity index (χ0v) is 13.8. The number of hydrogen-bond donors (Lipinski definition) is 2. The third-order valence-electron chi connectivity index (χ3n) is 4.39. The number of aliphatic carboxylic acids is 1. The van der Waals surface area contributed by atoms with E-state index in [2.05, 4.69) is 0 Å². The van der Waals surface area contributed by atoms with Gasteiger partial charge in [0.05, 0.1) is 12.0 Å². The molecule has 0 heterocycles. The highest BCUT2D eigenvalue weighted by Gasteiger charge is 2.30. The van der Waals surface area contributed by atoms with Crippen molar-refractivity contribution in [1.82, 2.24) is 0 Å². The molecule has 2 rings (SSSR count). The predicted octanol–water partition coefficient (Wildman–Crippen LogP) is 3.49. The molecule has 0 saturated carbocycles. The van der Waals surface area contributed by atoms with E-state index in [-0.39, 0.29) is 11.7 Å². The van der Waals surface area contributed by atoms with Crippen molar-refractivity contribution < 1.29 is 19.8 Å². The lowest BCUT2D eigenvalue weighted by Crippen LogP contribution is -2.31. The van der Waals surface area contributed by atoms with E-state index in [0.717, 1.165) is 5.56 Å². The van der Waals surface area contributed by atoms with Gasteiger partial charge in [-0.25, -0.2) is 0 Å². The highest BCUT2D eigenvalue weighted by molar-refractivity contribution is 6.09. The third-order valence-corrected chi connectivity index (χ3v) is 4.39. The van der Waals surface area contributed by atoms with Crippen LogP contribution in [0.2, 0.25) is 0 Å². The molecule has 24 heavy (non-hydrogen) atoms. The summed E-state index contributed by atoms with van der Waals surface area (Å²) in [4.78, 5) is 23.8. The van der Waals surface area contributed by atoms with Gasteiger partial charge in [-0.05, 0) is 18.1 Å². The maximum atomic E-state index is 12.5. The van der Waals surface area contributed by atoms with Crippen molar-refractivity contribution in [2.24, 2.45) is 5.92 Å². The van der Waals surface area contributed by atoms with Crippen LogP contribution in [0, 0.1) is 5.92 Å². The van der Waals surface area contributed by atoms with E-state index >= 15 is 0 Å². The van der Waals surface area contributed by atoms with Crippen molar-refractivity contribution in [1.29, 1.82) is 0 Å². The molecule has 4 heteroatoms. The molecule has 0 aliphatic carbocycles. The fourth-order valence-corrected chi connectivity index (χ4v) is 2.83. The lowest BCUT2D eigenvalue weighted by molar-refractivity contribution is -0.146. The van der Waals surface area contributed by atoms with Gasteiger partial charge in [-0.2, -0.15) is 0 Å². The second kappa shape index (κ2) is 7.88. The van der Waals surface area contributed by atoms with Crippen LogP contribution in [0.1, 0.15) is 47.7 Å². The number of aliphatic hydroxyl groups excluding tert-OH is 1. The van der Waals surface area contributed by atoms with E-state index in [0.29, 0.717) is 17.5 Å². The summed E-state index contributed by atoms with van der Waals surface area (Å²) in [6, 6.07) is 16.0. The van der Waals surface area contributed by atoms with Crippen LogP contribution in [0.5, 0.6) is 0 Å². The molecule has 3 unspecified atom stereocenters. The van der Waals surface area contributed by atoms with Crippen LogP contribution in [0.3, 0.4) is 0 Å². The summed E-state index contributed by atoms with van der Waals surface area (Å²) in [5.74, 6) is -2.30. The van der Waals surface area contributed by atoms with Gasteiger partial charge in [0.25, 0.3) is 0 Å². The van der Waals surface area contributed by atoms with Gasteiger partial charge in [0.2, 0.25) is 0 Å². The van der Waals surface area contributed by atoms with Crippen molar-refractivity contribution in [2.45, 2.75) is 32.3 Å². The van der Waals surface area contributed by atoms with Gasteiger partial charge in [-0.3, -0.25) is 9.59 Å². The van der Waals surface area contributed by atoms with Gasteiger partial charge in [-0.15, -0.1) is 0 Å². The first-order chi connectivity index (χ1) is 11.5. The molecule has 0 aliphatic heterocycles. The van der Waals surface area contributed by atoms with Gasteiger partial charge in [0, 0.05) is 17.0 Å². The number of aliphatic hydroxyl groups is 1. The Labute approximate surface area is 141 Å². The van der Waals surface area contributed by atoms with E-state index in [1.165, 1.54) is 0 Å². The van der Waals surface area contributed by atoms with Crippen molar-refractivity contribution in [2.75, 3.05) is 0 Å². The molecule has 0 aromatic heterocycles. The highest BCUT2D eigenvalue weighted by atomic mass is 16.4. The molecule has 0 amide bonds. The topological polar surface area (TPSA) is 74.6 Å². The minimum atomic E-state index is -1.01. The van der Waals surface area contributed by atoms with E-state index in [1.807, 2.05) is 24.3 Å². The molecule has 0 aliphatic rings. The van der Waals surface area contributed by atoms with Crippen LogP contribution in [0.25, 0.3) is 0 Å². The van der Waals surface area contributed by atoms with Gasteiger partial charge >= 0.3 is 5.97 Å². The fraction of sp³-hybridized carbons (Fsp3) is 0.300. The molecule has 126 valence electrons. The molecule has 0 spiro atoms. The molecule has 0 radical (unpaired) electrons. The van der Waals surface area contributed by atoms with Crippen molar-refractivity contribution in [3.63, 3.8) is 0 Å². The summed E-state index contributed by atoms with van der Waals surface area (Å²) in [6.07, 6.45) is -0.654. The maximum Gasteiger partial charge on any atom is 0.309 e. The summed E-state index contributed by atoms with van der Waals surface area (Å²) in [5, 5.41) is 19.6. The summed E-state index contributed by atoms with van der Waals surface area (Å²) in [5.41, 5.74) is 1.88. The first-order valence-electron chi connectivity index (χ1n) is 8.06. The number of carbonyl (C=O) groups is 2. The average molecular weight is 326 g/mol. The molecule has 0 fully saturated rings. The molecule has 2 aromatic rings. The Bertz CT molecular complexity index is 709. The molecule has 3 atom stereocenters. The smallest absolute Gasteiger partial charge is 0.309 e. The van der Waals surface area contributed by atoms with Crippen LogP contribution in [-0.4, -0.2) is 28.1 Å². The Kier molecular flexibility index (Phi) is 5.88. The second-order valence-electron chi connectivity index (χ2n) is 5.95. The number of carbonyl (C=O) groups excluding carboxylic acids is 1. The molecule has 0 saturated heterocycles. The molecule has 4 nitrogen and oxygen atoms in total. The first kappa shape index (κ1) is 17.9. The SMILES string of the molecule is CCC(C(=O)O)C(O)C(C)c1cccc(C(=O)c2ccccc2)c1. The van der Waals surface area contributed by atoms with Crippen LogP contribution >= 0.6 is 0 Å². The summed E-state index contributed by atoms with van der Waals surface area (Å²) < 4.78 is 0. The Morgan fingerprint density at radius 1 is 1.00 bits per heavy atom. The summed E-state index contributed by atoms with van der Waals surface area (Å²) >= 11 is 0. The number of ketones is 1. The van der Waals surface area contributed by atoms with Crippen molar-refractivity contribution in [3.05, 3.63) is 71.3 Å². The lowest BCUT2D eigenvalue weighted by atomic mass is 9.85. The monoisotopic (exact) mass is 326 g/mol.